The lowest BCUT2D eigenvalue weighted by Gasteiger charge is -2.14. The summed E-state index contributed by atoms with van der Waals surface area (Å²) < 4.78 is 10.9. The van der Waals surface area contributed by atoms with E-state index in [1.807, 2.05) is 0 Å². The number of thiocarbonyl (C=S) groups is 1. The molecule has 3 rings (SSSR count). The molecule has 138 valence electrons. The standard InChI is InChI=1S/C19H15NO5S2/c1-24-14-8-5-12(15(10-14)25-2)9-16-17(21)20(19(26)27-16)13-6-3-11(4-7-13)18(22)23/h3-10H,1-2H3,(H,22,23). The Bertz CT molecular complexity index is 953. The smallest absolute Gasteiger partial charge is 0.335 e. The van der Waals surface area contributed by atoms with Crippen LogP contribution in [0.5, 0.6) is 11.5 Å². The van der Waals surface area contributed by atoms with Crippen molar-refractivity contribution in [2.45, 2.75) is 0 Å². The van der Waals surface area contributed by atoms with Crippen LogP contribution in [0.1, 0.15) is 15.9 Å². The monoisotopic (exact) mass is 401 g/mol. The Hall–Kier alpha value is -2.84. The average molecular weight is 401 g/mol. The first kappa shape index (κ1) is 18.9. The number of methoxy groups -OCH3 is 2. The number of carboxylic acids is 1. The Morgan fingerprint density at radius 3 is 2.44 bits per heavy atom. The predicted molar refractivity (Wildman–Crippen MR) is 109 cm³/mol. The van der Waals surface area contributed by atoms with Gasteiger partial charge in [-0.3, -0.25) is 9.69 Å². The van der Waals surface area contributed by atoms with Crippen molar-refractivity contribution in [1.82, 2.24) is 0 Å². The fourth-order valence-electron chi connectivity index (χ4n) is 2.52. The summed E-state index contributed by atoms with van der Waals surface area (Å²) in [6.45, 7) is 0. The van der Waals surface area contributed by atoms with E-state index < -0.39 is 5.97 Å². The zero-order chi connectivity index (χ0) is 19.6. The third-order valence-electron chi connectivity index (χ3n) is 3.89. The van der Waals surface area contributed by atoms with Crippen LogP contribution in [0.2, 0.25) is 0 Å². The molecule has 2 aromatic rings. The number of carboxylic acid groups (broad SMARTS) is 1. The molecule has 1 amide bonds. The summed E-state index contributed by atoms with van der Waals surface area (Å²) in [5, 5.41) is 9.00. The lowest BCUT2D eigenvalue weighted by Crippen LogP contribution is -2.27. The Kier molecular flexibility index (Phi) is 5.48. The SMILES string of the molecule is COc1ccc(C=C2SC(=S)N(c3ccc(C(=O)O)cc3)C2=O)c(OC)c1. The van der Waals surface area contributed by atoms with Crippen LogP contribution in [0.25, 0.3) is 6.08 Å². The maximum Gasteiger partial charge on any atom is 0.335 e. The lowest BCUT2D eigenvalue weighted by molar-refractivity contribution is -0.113. The second-order valence-corrected chi connectivity index (χ2v) is 7.15. The minimum absolute atomic E-state index is 0.141. The van der Waals surface area contributed by atoms with E-state index in [9.17, 15) is 9.59 Å². The van der Waals surface area contributed by atoms with Crippen LogP contribution in [0.3, 0.4) is 0 Å². The second kappa shape index (κ2) is 7.81. The normalized spacial score (nSPS) is 15.3. The zero-order valence-electron chi connectivity index (χ0n) is 14.5. The molecule has 0 unspecified atom stereocenters. The van der Waals surface area contributed by atoms with Crippen LogP contribution in [0.15, 0.2) is 47.4 Å². The minimum Gasteiger partial charge on any atom is -0.497 e. The summed E-state index contributed by atoms with van der Waals surface area (Å²) in [5.74, 6) is -0.0788. The Morgan fingerprint density at radius 2 is 1.85 bits per heavy atom. The number of thioether (sulfide) groups is 1. The molecule has 0 saturated carbocycles. The summed E-state index contributed by atoms with van der Waals surface area (Å²) in [6, 6.07) is 11.3. The molecule has 0 aromatic heterocycles. The second-order valence-electron chi connectivity index (χ2n) is 5.48. The third-order valence-corrected chi connectivity index (χ3v) is 5.20. The molecular weight excluding hydrogens is 386 g/mol. The van der Waals surface area contributed by atoms with Crippen LogP contribution in [0, 0.1) is 0 Å². The first-order valence-corrected chi connectivity index (χ1v) is 9.00. The molecule has 0 radical (unpaired) electrons. The molecule has 0 atom stereocenters. The number of rotatable bonds is 5. The molecule has 6 nitrogen and oxygen atoms in total. The fraction of sp³-hybridized carbons (Fsp3) is 0.105. The van der Waals surface area contributed by atoms with Gasteiger partial charge in [-0.05, 0) is 42.5 Å². The van der Waals surface area contributed by atoms with Crippen molar-refractivity contribution in [2.75, 3.05) is 19.1 Å². The third kappa shape index (κ3) is 3.81. The van der Waals surface area contributed by atoms with Gasteiger partial charge < -0.3 is 14.6 Å². The van der Waals surface area contributed by atoms with Gasteiger partial charge in [0.1, 0.15) is 11.5 Å². The maximum absolute atomic E-state index is 12.8. The first-order valence-electron chi connectivity index (χ1n) is 7.78. The highest BCUT2D eigenvalue weighted by Crippen LogP contribution is 2.37. The highest BCUT2D eigenvalue weighted by atomic mass is 32.2. The highest BCUT2D eigenvalue weighted by molar-refractivity contribution is 8.27. The summed E-state index contributed by atoms with van der Waals surface area (Å²) in [5.41, 5.74) is 1.38. The summed E-state index contributed by atoms with van der Waals surface area (Å²) in [4.78, 5) is 25.6. The van der Waals surface area contributed by atoms with E-state index in [2.05, 4.69) is 0 Å². The van der Waals surface area contributed by atoms with Crippen molar-refractivity contribution >= 4 is 51.9 Å². The molecule has 1 aliphatic heterocycles. The summed E-state index contributed by atoms with van der Waals surface area (Å²) in [6.07, 6.45) is 1.71. The highest BCUT2D eigenvalue weighted by Gasteiger charge is 2.33. The van der Waals surface area contributed by atoms with Crippen LogP contribution in [-0.4, -0.2) is 35.5 Å². The van der Waals surface area contributed by atoms with Gasteiger partial charge in [0, 0.05) is 11.6 Å². The number of hydrogen-bond donors (Lipinski definition) is 1. The van der Waals surface area contributed by atoms with Gasteiger partial charge in [-0.2, -0.15) is 0 Å². The van der Waals surface area contributed by atoms with Gasteiger partial charge >= 0.3 is 5.97 Å². The number of benzene rings is 2. The van der Waals surface area contributed by atoms with Crippen LogP contribution in [-0.2, 0) is 4.79 Å². The largest absolute Gasteiger partial charge is 0.497 e. The predicted octanol–water partition coefficient (Wildman–Crippen LogP) is 3.81. The van der Waals surface area contributed by atoms with Crippen molar-refractivity contribution in [2.24, 2.45) is 0 Å². The van der Waals surface area contributed by atoms with E-state index in [-0.39, 0.29) is 11.5 Å². The van der Waals surface area contributed by atoms with Gasteiger partial charge in [0.05, 0.1) is 30.4 Å². The number of anilines is 1. The molecule has 1 aliphatic rings. The fourth-order valence-corrected chi connectivity index (χ4v) is 3.81. The van der Waals surface area contributed by atoms with Crippen LogP contribution >= 0.6 is 24.0 Å². The van der Waals surface area contributed by atoms with E-state index >= 15 is 0 Å². The van der Waals surface area contributed by atoms with Crippen molar-refractivity contribution in [3.8, 4) is 11.5 Å². The number of hydrogen-bond acceptors (Lipinski definition) is 6. The first-order chi connectivity index (χ1) is 12.9. The molecule has 1 fully saturated rings. The molecule has 0 aliphatic carbocycles. The number of amides is 1. The molecule has 1 saturated heterocycles. The van der Waals surface area contributed by atoms with Crippen LogP contribution in [0.4, 0.5) is 5.69 Å². The van der Waals surface area contributed by atoms with E-state index in [0.717, 1.165) is 5.56 Å². The maximum atomic E-state index is 12.8. The van der Waals surface area contributed by atoms with Crippen LogP contribution < -0.4 is 14.4 Å². The molecule has 0 spiro atoms. The van der Waals surface area contributed by atoms with Crippen molar-refractivity contribution in [1.29, 1.82) is 0 Å². The summed E-state index contributed by atoms with van der Waals surface area (Å²) in [7, 11) is 3.11. The van der Waals surface area contributed by atoms with E-state index in [1.54, 1.807) is 50.6 Å². The topological polar surface area (TPSA) is 76.1 Å². The van der Waals surface area contributed by atoms with Gasteiger partial charge in [-0.15, -0.1) is 0 Å². The van der Waals surface area contributed by atoms with Gasteiger partial charge in [0.15, 0.2) is 4.32 Å². The molecular formula is C19H15NO5S2. The van der Waals surface area contributed by atoms with E-state index in [1.165, 1.54) is 28.8 Å². The Labute approximate surface area is 165 Å². The molecule has 8 heteroatoms. The van der Waals surface area contributed by atoms with Gasteiger partial charge in [-0.1, -0.05) is 24.0 Å². The van der Waals surface area contributed by atoms with Gasteiger partial charge in [0.2, 0.25) is 0 Å². The molecule has 1 heterocycles. The molecule has 1 N–H and O–H groups in total. The number of carbonyl (C=O) groups excluding carboxylic acids is 1. The number of ether oxygens (including phenoxy) is 2. The number of aromatic carboxylic acids is 1. The molecule has 2 aromatic carbocycles. The van der Waals surface area contributed by atoms with Crippen molar-refractivity contribution < 1.29 is 24.2 Å². The lowest BCUT2D eigenvalue weighted by atomic mass is 10.1. The number of carbonyl (C=O) groups is 2. The van der Waals surface area contributed by atoms with E-state index in [4.69, 9.17) is 26.8 Å². The van der Waals surface area contributed by atoms with Crippen molar-refractivity contribution in [3.63, 3.8) is 0 Å². The van der Waals surface area contributed by atoms with E-state index in [0.29, 0.717) is 26.4 Å². The summed E-state index contributed by atoms with van der Waals surface area (Å²) >= 11 is 6.51. The zero-order valence-corrected chi connectivity index (χ0v) is 16.1. The molecule has 27 heavy (non-hydrogen) atoms. The van der Waals surface area contributed by atoms with Crippen molar-refractivity contribution in [3.05, 3.63) is 58.5 Å². The number of nitrogens with zero attached hydrogens (tertiary/aromatic N) is 1. The quantitative estimate of drug-likeness (QED) is 0.603. The Balaban J connectivity index is 1.92. The Morgan fingerprint density at radius 1 is 1.15 bits per heavy atom. The van der Waals surface area contributed by atoms with Gasteiger partial charge in [-0.25, -0.2) is 4.79 Å². The van der Waals surface area contributed by atoms with Gasteiger partial charge in [0.25, 0.3) is 5.91 Å². The molecule has 0 bridgehead atoms. The average Bonchev–Trinajstić information content (AvgIpc) is 2.95. The minimum atomic E-state index is -1.03.